The molecule has 0 radical (unpaired) electrons. The second kappa shape index (κ2) is 15.1. The van der Waals surface area contributed by atoms with E-state index < -0.39 is 92.8 Å². The van der Waals surface area contributed by atoms with E-state index in [0.717, 1.165) is 12.8 Å². The largest absolute Gasteiger partial charge is 0.459 e. The molecule has 3 aliphatic heterocycles. The number of aliphatic hydroxyl groups is 7. The molecule has 0 spiro atoms. The third kappa shape index (κ3) is 6.97. The molecule has 0 aromatic carbocycles. The van der Waals surface area contributed by atoms with E-state index in [4.69, 9.17) is 23.7 Å². The van der Waals surface area contributed by atoms with E-state index in [1.165, 1.54) is 0 Å². The number of carbonyl (C=O) groups is 2. The summed E-state index contributed by atoms with van der Waals surface area (Å²) in [5.41, 5.74) is 0. The second-order valence-corrected chi connectivity index (χ2v) is 15.5. The smallest absolute Gasteiger partial charge is 0.309 e. The minimum Gasteiger partial charge on any atom is -0.459 e. The average Bonchev–Trinajstić information content (AvgIpc) is 3.03. The molecule has 14 nitrogen and oxygen atoms in total. The Morgan fingerprint density at radius 3 is 1.98 bits per heavy atom. The van der Waals surface area contributed by atoms with E-state index >= 15 is 0 Å². The third-order valence-corrected chi connectivity index (χ3v) is 12.0. The van der Waals surface area contributed by atoms with Crippen molar-refractivity contribution in [2.75, 3.05) is 13.2 Å². The third-order valence-electron chi connectivity index (χ3n) is 12.0. The first-order chi connectivity index (χ1) is 22.6. The van der Waals surface area contributed by atoms with Crippen molar-refractivity contribution < 1.29 is 69.0 Å². The molecular weight excluding hydrogens is 632 g/mol. The van der Waals surface area contributed by atoms with Crippen LogP contribution in [-0.2, 0) is 33.3 Å². The number of esters is 1. The molecule has 0 unspecified atom stereocenters. The quantitative estimate of drug-likeness (QED) is 0.165. The van der Waals surface area contributed by atoms with Crippen molar-refractivity contribution >= 4 is 11.8 Å². The molecule has 0 amide bonds. The topological polar surface area (TPSA) is 222 Å². The Bertz CT molecular complexity index is 1120. The van der Waals surface area contributed by atoms with Crippen molar-refractivity contribution in [2.45, 2.75) is 134 Å². The number of Topliss-reactive ketones (excluding diaryl/α,β-unsaturated/α-hetero) is 1. The minimum absolute atomic E-state index is 0.0424. The molecule has 276 valence electrons. The van der Waals surface area contributed by atoms with Crippen LogP contribution in [0.25, 0.3) is 0 Å². The van der Waals surface area contributed by atoms with Gasteiger partial charge in [-0.3, -0.25) is 9.59 Å². The van der Waals surface area contributed by atoms with E-state index in [0.29, 0.717) is 12.3 Å². The van der Waals surface area contributed by atoms with Crippen molar-refractivity contribution in [1.29, 1.82) is 0 Å². The van der Waals surface area contributed by atoms with E-state index in [1.807, 2.05) is 13.8 Å². The summed E-state index contributed by atoms with van der Waals surface area (Å²) >= 11 is 0. The number of rotatable bonds is 7. The summed E-state index contributed by atoms with van der Waals surface area (Å²) in [4.78, 5) is 27.9. The molecule has 5 aliphatic rings. The molecule has 21 atom stereocenters. The molecule has 5 rings (SSSR count). The molecule has 0 aromatic rings. The van der Waals surface area contributed by atoms with Gasteiger partial charge in [-0.05, 0) is 61.7 Å². The monoisotopic (exact) mass is 688 g/mol. The Kier molecular flexibility index (Phi) is 12.0. The van der Waals surface area contributed by atoms with Crippen LogP contribution in [0.2, 0.25) is 0 Å². The van der Waals surface area contributed by atoms with Crippen LogP contribution in [0.15, 0.2) is 0 Å². The highest BCUT2D eigenvalue weighted by atomic mass is 16.7. The van der Waals surface area contributed by atoms with Gasteiger partial charge in [0.1, 0.15) is 60.7 Å². The maximum Gasteiger partial charge on any atom is 0.309 e. The zero-order chi connectivity index (χ0) is 35.4. The van der Waals surface area contributed by atoms with E-state index in [1.54, 1.807) is 6.92 Å². The van der Waals surface area contributed by atoms with Crippen LogP contribution in [0.3, 0.4) is 0 Å². The highest BCUT2D eigenvalue weighted by molar-refractivity contribution is 5.88. The number of ether oxygens (including phenoxy) is 5. The first-order valence-electron chi connectivity index (χ1n) is 17.6. The van der Waals surface area contributed by atoms with Gasteiger partial charge in [0.05, 0.1) is 25.2 Å². The zero-order valence-electron chi connectivity index (χ0n) is 28.6. The fraction of sp³-hybridized carbons (Fsp3) is 0.941. The predicted octanol–water partition coefficient (Wildman–Crippen LogP) is -0.647. The predicted molar refractivity (Wildman–Crippen MR) is 165 cm³/mol. The number of ketones is 1. The van der Waals surface area contributed by atoms with Crippen molar-refractivity contribution in [3.05, 3.63) is 0 Å². The van der Waals surface area contributed by atoms with Crippen molar-refractivity contribution in [3.63, 3.8) is 0 Å². The molecule has 7 N–H and O–H groups in total. The molecule has 3 heterocycles. The fourth-order valence-corrected chi connectivity index (χ4v) is 9.76. The lowest BCUT2D eigenvalue weighted by Gasteiger charge is -2.53. The number of carbonyl (C=O) groups excluding carboxylic acids is 2. The first-order valence-corrected chi connectivity index (χ1v) is 17.6. The van der Waals surface area contributed by atoms with Crippen LogP contribution in [0.1, 0.15) is 60.8 Å². The summed E-state index contributed by atoms with van der Waals surface area (Å²) in [6.45, 7) is 10.6. The van der Waals surface area contributed by atoms with Gasteiger partial charge < -0.3 is 59.4 Å². The van der Waals surface area contributed by atoms with Crippen molar-refractivity contribution in [2.24, 2.45) is 53.3 Å². The molecular formula is C34H56O14. The maximum absolute atomic E-state index is 14.2. The van der Waals surface area contributed by atoms with E-state index in [2.05, 4.69) is 20.8 Å². The molecule has 5 fully saturated rings. The summed E-state index contributed by atoms with van der Waals surface area (Å²) in [5, 5.41) is 72.5. The number of hydrogen-bond acceptors (Lipinski definition) is 14. The van der Waals surface area contributed by atoms with E-state index in [-0.39, 0.29) is 53.2 Å². The van der Waals surface area contributed by atoms with Gasteiger partial charge >= 0.3 is 5.97 Å². The molecule has 0 bridgehead atoms. The number of aliphatic hydroxyl groups excluding tert-OH is 7. The van der Waals surface area contributed by atoms with Crippen LogP contribution in [-0.4, -0.2) is 134 Å². The van der Waals surface area contributed by atoms with Gasteiger partial charge in [0.2, 0.25) is 0 Å². The van der Waals surface area contributed by atoms with E-state index in [9.17, 15) is 45.3 Å². The fourth-order valence-electron chi connectivity index (χ4n) is 9.76. The molecule has 0 aromatic heterocycles. The normalized spacial score (nSPS) is 52.4. The summed E-state index contributed by atoms with van der Waals surface area (Å²) < 4.78 is 29.3. The Morgan fingerprint density at radius 2 is 1.33 bits per heavy atom. The Morgan fingerprint density at radius 1 is 0.729 bits per heavy atom. The van der Waals surface area contributed by atoms with Gasteiger partial charge in [0.15, 0.2) is 12.6 Å². The standard InChI is InChI=1S/C34H56O14/c1-12-7-13(2)22-18(8-12)24(37)16(5)21-14(3)9-15(4)30(47-32(43)23(21)22)17(6)44-34-29(42)31(26(39)20(11-36)46-34)48-33-28(41)27(40)25(38)19(10-35)45-33/h12-23,25-31,33-36,38-42H,7-11H2,1-6H3/t12-,13+,14+,15-,16+,17-,18-,19-,20-,21-,22-,23-,25-,26-,27+,28-,29-,30-,31+,33+,34-/m1/s1. The highest BCUT2D eigenvalue weighted by Crippen LogP contribution is 2.54. The van der Waals surface area contributed by atoms with Crippen LogP contribution in [0.4, 0.5) is 0 Å². The number of cyclic esters (lactones) is 1. The lowest BCUT2D eigenvalue weighted by Crippen LogP contribution is -2.65. The first kappa shape index (κ1) is 37.9. The minimum atomic E-state index is -1.80. The van der Waals surface area contributed by atoms with Gasteiger partial charge in [-0.1, -0.05) is 34.6 Å². The number of hydrogen-bond donors (Lipinski definition) is 7. The summed E-state index contributed by atoms with van der Waals surface area (Å²) in [6.07, 6.45) is -15.1. The van der Waals surface area contributed by atoms with Crippen LogP contribution in [0, 0.1) is 53.3 Å². The van der Waals surface area contributed by atoms with Gasteiger partial charge in [0, 0.05) is 11.8 Å². The van der Waals surface area contributed by atoms with Gasteiger partial charge in [0.25, 0.3) is 0 Å². The number of fused-ring (bicyclic) bond motifs is 3. The Balaban J connectivity index is 1.34. The lowest BCUT2D eigenvalue weighted by atomic mass is 9.51. The van der Waals surface area contributed by atoms with Crippen molar-refractivity contribution in [1.82, 2.24) is 0 Å². The van der Waals surface area contributed by atoms with Gasteiger partial charge in [-0.2, -0.15) is 0 Å². The van der Waals surface area contributed by atoms with Crippen LogP contribution < -0.4 is 0 Å². The van der Waals surface area contributed by atoms with Crippen LogP contribution in [0.5, 0.6) is 0 Å². The molecule has 14 heteroatoms. The molecule has 48 heavy (non-hydrogen) atoms. The SMILES string of the molecule is C[C@@H]1C[C@H](C)[C@H]2[C@@H]3C(=O)O[C@@H]([C@@H](C)O[C@@H]4O[C@H](CO)[C@@H](O)[C@H](O[C@@H]5O[C@H](CO)[C@@H](O)[C@H](O)[C@H]5O)[C@H]4O)[C@H](C)C[C@H](C)[C@@H]3[C@H](C)C(=O)[C@@H]2C1. The maximum atomic E-state index is 14.2. The van der Waals surface area contributed by atoms with Crippen molar-refractivity contribution in [3.8, 4) is 0 Å². The lowest BCUT2D eigenvalue weighted by molar-refractivity contribution is -0.365. The van der Waals surface area contributed by atoms with Crippen LogP contribution >= 0.6 is 0 Å². The van der Waals surface area contributed by atoms with Gasteiger partial charge in [-0.15, -0.1) is 0 Å². The summed E-state index contributed by atoms with van der Waals surface area (Å²) in [6, 6.07) is 0. The Labute approximate surface area is 281 Å². The summed E-state index contributed by atoms with van der Waals surface area (Å²) in [5.74, 6) is -0.817. The second-order valence-electron chi connectivity index (χ2n) is 15.5. The van der Waals surface area contributed by atoms with Gasteiger partial charge in [-0.25, -0.2) is 0 Å². The zero-order valence-corrected chi connectivity index (χ0v) is 28.6. The highest BCUT2D eigenvalue weighted by Gasteiger charge is 2.58. The average molecular weight is 689 g/mol. The Hall–Kier alpha value is -1.30. The summed E-state index contributed by atoms with van der Waals surface area (Å²) in [7, 11) is 0. The molecule has 2 aliphatic carbocycles. The molecule has 2 saturated carbocycles. The molecule has 3 saturated heterocycles.